The van der Waals surface area contributed by atoms with Gasteiger partial charge in [0, 0.05) is 7.05 Å². The summed E-state index contributed by atoms with van der Waals surface area (Å²) in [7, 11) is 1.52. The van der Waals surface area contributed by atoms with Crippen molar-refractivity contribution in [2.75, 3.05) is 0 Å². The van der Waals surface area contributed by atoms with Gasteiger partial charge in [0.05, 0.1) is 5.39 Å². The fourth-order valence-corrected chi connectivity index (χ4v) is 1.86. The Morgan fingerprint density at radius 1 is 1.32 bits per heavy atom. The number of aryl methyl sites for hydroxylation is 2. The zero-order chi connectivity index (χ0) is 14.4. The summed E-state index contributed by atoms with van der Waals surface area (Å²) in [5, 5.41) is 0.109. The Kier molecular flexibility index (Phi) is 3.07. The maximum atomic E-state index is 12.9. The first kappa shape index (κ1) is 13.5. The Hall–Kier alpha value is -1.92. The predicted molar refractivity (Wildman–Crippen MR) is 63.9 cm³/mol. The van der Waals surface area contributed by atoms with Crippen LogP contribution >= 0.6 is 0 Å². The lowest BCUT2D eigenvalue weighted by molar-refractivity contribution is -0.141. The summed E-state index contributed by atoms with van der Waals surface area (Å²) >= 11 is 0. The molecule has 0 N–H and O–H groups in total. The van der Waals surface area contributed by atoms with Crippen LogP contribution in [0.2, 0.25) is 0 Å². The Morgan fingerprint density at radius 2 is 1.95 bits per heavy atom. The van der Waals surface area contributed by atoms with E-state index in [1.165, 1.54) is 17.7 Å². The number of fused-ring (bicyclic) bond motifs is 1. The molecule has 0 saturated carbocycles. The molecular weight excluding hydrogens is 259 g/mol. The van der Waals surface area contributed by atoms with E-state index in [2.05, 4.69) is 9.97 Å². The van der Waals surface area contributed by atoms with E-state index < -0.39 is 17.4 Å². The Balaban J connectivity index is 2.90. The van der Waals surface area contributed by atoms with Gasteiger partial charge in [0.2, 0.25) is 0 Å². The number of alkyl halides is 3. The molecule has 0 atom stereocenters. The fourth-order valence-electron chi connectivity index (χ4n) is 1.86. The van der Waals surface area contributed by atoms with Crippen LogP contribution in [-0.4, -0.2) is 14.5 Å². The van der Waals surface area contributed by atoms with E-state index in [0.29, 0.717) is 5.82 Å². The first-order valence-electron chi connectivity index (χ1n) is 5.70. The standard InChI is InChI=1S/C12H12F3N3O/c1-4-7-5-8-10(17-9(7)12(13,14)15)16-6(2)18(3)11(8)19/h5H,4H2,1-3H3. The van der Waals surface area contributed by atoms with Crippen LogP contribution in [0.1, 0.15) is 24.0 Å². The highest BCUT2D eigenvalue weighted by Gasteiger charge is 2.35. The molecule has 2 aromatic rings. The number of hydrogen-bond donors (Lipinski definition) is 0. The van der Waals surface area contributed by atoms with E-state index in [9.17, 15) is 18.0 Å². The van der Waals surface area contributed by atoms with E-state index in [0.717, 1.165) is 0 Å². The summed E-state index contributed by atoms with van der Waals surface area (Å²) in [6, 6.07) is 1.24. The second kappa shape index (κ2) is 4.32. The minimum atomic E-state index is -4.55. The van der Waals surface area contributed by atoms with E-state index in [1.54, 1.807) is 13.8 Å². The van der Waals surface area contributed by atoms with Gasteiger partial charge in [0.15, 0.2) is 5.65 Å². The molecule has 2 heterocycles. The van der Waals surface area contributed by atoms with Crippen molar-refractivity contribution in [1.82, 2.24) is 14.5 Å². The van der Waals surface area contributed by atoms with Crippen molar-refractivity contribution in [3.05, 3.63) is 33.5 Å². The molecule has 7 heteroatoms. The zero-order valence-electron chi connectivity index (χ0n) is 10.7. The van der Waals surface area contributed by atoms with Crippen LogP contribution in [0.4, 0.5) is 13.2 Å². The highest BCUT2D eigenvalue weighted by molar-refractivity contribution is 5.75. The number of nitrogens with zero attached hydrogens (tertiary/aromatic N) is 3. The average Bonchev–Trinajstić information content (AvgIpc) is 2.34. The topological polar surface area (TPSA) is 47.8 Å². The molecule has 0 radical (unpaired) electrons. The third-order valence-electron chi connectivity index (χ3n) is 3.02. The molecule has 0 aliphatic heterocycles. The molecule has 0 aliphatic carbocycles. The van der Waals surface area contributed by atoms with Crippen LogP contribution in [-0.2, 0) is 19.6 Å². The van der Waals surface area contributed by atoms with Gasteiger partial charge in [-0.15, -0.1) is 0 Å². The van der Waals surface area contributed by atoms with E-state index in [-0.39, 0.29) is 23.0 Å². The van der Waals surface area contributed by atoms with E-state index >= 15 is 0 Å². The summed E-state index contributed by atoms with van der Waals surface area (Å²) in [6.45, 7) is 3.13. The van der Waals surface area contributed by atoms with Gasteiger partial charge in [-0.25, -0.2) is 9.97 Å². The lowest BCUT2D eigenvalue weighted by atomic mass is 10.1. The van der Waals surface area contributed by atoms with Crippen molar-refractivity contribution in [3.8, 4) is 0 Å². The summed E-state index contributed by atoms with van der Waals surface area (Å²) in [5.74, 6) is 0.322. The molecule has 2 aromatic heterocycles. The Labute approximate surface area is 106 Å². The lowest BCUT2D eigenvalue weighted by Crippen LogP contribution is -2.22. The normalized spacial score (nSPS) is 12.1. The molecule has 0 aliphatic rings. The third kappa shape index (κ3) is 2.20. The van der Waals surface area contributed by atoms with Gasteiger partial charge < -0.3 is 0 Å². The molecule has 0 spiro atoms. The van der Waals surface area contributed by atoms with Gasteiger partial charge in [0.25, 0.3) is 5.56 Å². The van der Waals surface area contributed by atoms with Crippen molar-refractivity contribution >= 4 is 11.0 Å². The minimum Gasteiger partial charge on any atom is -0.299 e. The summed E-state index contributed by atoms with van der Waals surface area (Å²) < 4.78 is 39.9. The highest BCUT2D eigenvalue weighted by Crippen LogP contribution is 2.31. The number of rotatable bonds is 1. The Morgan fingerprint density at radius 3 is 2.47 bits per heavy atom. The van der Waals surface area contributed by atoms with Gasteiger partial charge in [-0.3, -0.25) is 9.36 Å². The van der Waals surface area contributed by atoms with E-state index in [1.807, 2.05) is 0 Å². The lowest BCUT2D eigenvalue weighted by Gasteiger charge is -2.12. The molecule has 0 aromatic carbocycles. The first-order valence-corrected chi connectivity index (χ1v) is 5.70. The monoisotopic (exact) mass is 271 g/mol. The molecule has 2 rings (SSSR count). The molecule has 0 amide bonds. The van der Waals surface area contributed by atoms with Crippen molar-refractivity contribution in [3.63, 3.8) is 0 Å². The summed E-state index contributed by atoms with van der Waals surface area (Å²) in [4.78, 5) is 19.4. The number of hydrogen-bond acceptors (Lipinski definition) is 3. The largest absolute Gasteiger partial charge is 0.433 e. The maximum Gasteiger partial charge on any atom is 0.433 e. The Bertz CT molecular complexity index is 704. The van der Waals surface area contributed by atoms with Crippen molar-refractivity contribution in [2.24, 2.45) is 7.05 Å². The second-order valence-electron chi connectivity index (χ2n) is 4.24. The second-order valence-corrected chi connectivity index (χ2v) is 4.24. The smallest absolute Gasteiger partial charge is 0.299 e. The minimum absolute atomic E-state index is 0.00255. The third-order valence-corrected chi connectivity index (χ3v) is 3.02. The molecule has 0 bridgehead atoms. The van der Waals surface area contributed by atoms with E-state index in [4.69, 9.17) is 0 Å². The highest BCUT2D eigenvalue weighted by atomic mass is 19.4. The van der Waals surface area contributed by atoms with Crippen LogP contribution in [0.5, 0.6) is 0 Å². The predicted octanol–water partition coefficient (Wildman–Crippen LogP) is 2.22. The van der Waals surface area contributed by atoms with Crippen LogP contribution < -0.4 is 5.56 Å². The fraction of sp³-hybridized carbons (Fsp3) is 0.417. The van der Waals surface area contributed by atoms with Gasteiger partial charge in [-0.2, -0.15) is 13.2 Å². The van der Waals surface area contributed by atoms with Gasteiger partial charge in [-0.1, -0.05) is 6.92 Å². The molecular formula is C12H12F3N3O. The van der Waals surface area contributed by atoms with Crippen molar-refractivity contribution in [2.45, 2.75) is 26.4 Å². The summed E-state index contributed by atoms with van der Waals surface area (Å²) in [6.07, 6.45) is -4.40. The first-order chi connectivity index (χ1) is 8.75. The SMILES string of the molecule is CCc1cc2c(=O)n(C)c(C)nc2nc1C(F)(F)F. The number of pyridine rings is 1. The van der Waals surface area contributed by atoms with Gasteiger partial charge >= 0.3 is 6.18 Å². The molecule has 4 nitrogen and oxygen atoms in total. The molecule has 0 saturated heterocycles. The molecule has 0 fully saturated rings. The van der Waals surface area contributed by atoms with Crippen LogP contribution in [0, 0.1) is 6.92 Å². The van der Waals surface area contributed by atoms with Crippen LogP contribution in [0.25, 0.3) is 11.0 Å². The van der Waals surface area contributed by atoms with Crippen molar-refractivity contribution < 1.29 is 13.2 Å². The van der Waals surface area contributed by atoms with Gasteiger partial charge in [-0.05, 0) is 25.0 Å². The maximum absolute atomic E-state index is 12.9. The molecule has 102 valence electrons. The zero-order valence-corrected chi connectivity index (χ0v) is 10.7. The quantitative estimate of drug-likeness (QED) is 0.799. The molecule has 19 heavy (non-hydrogen) atoms. The average molecular weight is 271 g/mol. The van der Waals surface area contributed by atoms with Crippen LogP contribution in [0.15, 0.2) is 10.9 Å². The summed E-state index contributed by atoms with van der Waals surface area (Å²) in [5.41, 5.74) is -1.52. The molecule has 0 unspecified atom stereocenters. The van der Waals surface area contributed by atoms with Crippen LogP contribution in [0.3, 0.4) is 0 Å². The number of aromatic nitrogens is 3. The number of halogens is 3. The van der Waals surface area contributed by atoms with Gasteiger partial charge in [0.1, 0.15) is 11.5 Å². The van der Waals surface area contributed by atoms with Crippen molar-refractivity contribution in [1.29, 1.82) is 0 Å².